The number of amides is 2. The lowest BCUT2D eigenvalue weighted by Gasteiger charge is -2.31. The Hall–Kier alpha value is -1.26. The standard InChI is InChI=1S/C14H22N2O3/c17-13(18)7-8-15(11-3-4-11)14(19)16(12-5-6-12)9-10-1-2-10/h10-12H,1-9H2,(H,17,18). The molecule has 1 N–H and O–H groups in total. The van der Waals surface area contributed by atoms with E-state index in [9.17, 15) is 9.59 Å². The Bertz CT molecular complexity index is 373. The number of carbonyl (C=O) groups excluding carboxylic acids is 1. The van der Waals surface area contributed by atoms with Gasteiger partial charge in [-0.2, -0.15) is 0 Å². The van der Waals surface area contributed by atoms with E-state index in [1.165, 1.54) is 12.8 Å². The van der Waals surface area contributed by atoms with Gasteiger partial charge in [0.1, 0.15) is 0 Å². The van der Waals surface area contributed by atoms with E-state index in [2.05, 4.69) is 0 Å². The Kier molecular flexibility index (Phi) is 3.37. The van der Waals surface area contributed by atoms with Gasteiger partial charge in [0, 0.05) is 25.2 Å². The van der Waals surface area contributed by atoms with Crippen LogP contribution in [0, 0.1) is 5.92 Å². The van der Waals surface area contributed by atoms with Crippen molar-refractivity contribution in [2.75, 3.05) is 13.1 Å². The zero-order valence-electron chi connectivity index (χ0n) is 11.3. The maximum absolute atomic E-state index is 12.6. The molecular weight excluding hydrogens is 244 g/mol. The van der Waals surface area contributed by atoms with Gasteiger partial charge in [0.15, 0.2) is 0 Å². The fraction of sp³-hybridized carbons (Fsp3) is 0.857. The number of hydrogen-bond donors (Lipinski definition) is 1. The Balaban J connectivity index is 1.61. The Morgan fingerprint density at radius 2 is 1.53 bits per heavy atom. The third-order valence-corrected chi connectivity index (χ3v) is 4.19. The SMILES string of the molecule is O=C(O)CCN(C(=O)N(CC1CC1)C1CC1)C1CC1. The average Bonchev–Trinajstić information content (AvgIpc) is 3.22. The van der Waals surface area contributed by atoms with Crippen molar-refractivity contribution >= 4 is 12.0 Å². The lowest BCUT2D eigenvalue weighted by Crippen LogP contribution is -2.47. The summed E-state index contributed by atoms with van der Waals surface area (Å²) >= 11 is 0. The number of rotatable bonds is 7. The monoisotopic (exact) mass is 266 g/mol. The van der Waals surface area contributed by atoms with Gasteiger partial charge < -0.3 is 14.9 Å². The first-order valence-corrected chi connectivity index (χ1v) is 7.44. The zero-order chi connectivity index (χ0) is 13.4. The first-order valence-electron chi connectivity index (χ1n) is 7.44. The van der Waals surface area contributed by atoms with Crippen molar-refractivity contribution in [1.29, 1.82) is 0 Å². The summed E-state index contributed by atoms with van der Waals surface area (Å²) in [6.07, 6.45) is 6.86. The first-order chi connectivity index (χ1) is 9.15. The van der Waals surface area contributed by atoms with Crippen LogP contribution in [0.3, 0.4) is 0 Å². The van der Waals surface area contributed by atoms with Crippen LogP contribution in [0.4, 0.5) is 4.79 Å². The Labute approximate surface area is 113 Å². The molecule has 3 aliphatic rings. The Morgan fingerprint density at radius 3 is 2.00 bits per heavy atom. The number of aliphatic carboxylic acids is 1. The first kappa shape index (κ1) is 12.8. The molecule has 5 nitrogen and oxygen atoms in total. The van der Waals surface area contributed by atoms with E-state index >= 15 is 0 Å². The molecule has 0 spiro atoms. The van der Waals surface area contributed by atoms with Crippen molar-refractivity contribution in [3.63, 3.8) is 0 Å². The summed E-state index contributed by atoms with van der Waals surface area (Å²) in [6.45, 7) is 1.26. The molecule has 3 aliphatic carbocycles. The van der Waals surface area contributed by atoms with Crippen LogP contribution >= 0.6 is 0 Å². The minimum atomic E-state index is -0.821. The smallest absolute Gasteiger partial charge is 0.320 e. The predicted molar refractivity (Wildman–Crippen MR) is 69.8 cm³/mol. The lowest BCUT2D eigenvalue weighted by molar-refractivity contribution is -0.137. The van der Waals surface area contributed by atoms with Crippen LogP contribution in [0.15, 0.2) is 0 Å². The lowest BCUT2D eigenvalue weighted by atomic mass is 10.3. The van der Waals surface area contributed by atoms with Crippen LogP contribution < -0.4 is 0 Å². The molecule has 3 saturated carbocycles. The van der Waals surface area contributed by atoms with Gasteiger partial charge in [0.25, 0.3) is 0 Å². The largest absolute Gasteiger partial charge is 0.481 e. The van der Waals surface area contributed by atoms with Gasteiger partial charge in [-0.25, -0.2) is 4.79 Å². The third kappa shape index (κ3) is 3.39. The van der Waals surface area contributed by atoms with Gasteiger partial charge in [-0.3, -0.25) is 4.79 Å². The van der Waals surface area contributed by atoms with Crippen molar-refractivity contribution in [3.8, 4) is 0 Å². The van der Waals surface area contributed by atoms with Crippen LogP contribution in [0.25, 0.3) is 0 Å². The third-order valence-electron chi connectivity index (χ3n) is 4.19. The van der Waals surface area contributed by atoms with Crippen molar-refractivity contribution in [1.82, 2.24) is 9.80 Å². The van der Waals surface area contributed by atoms with Gasteiger partial charge in [0.05, 0.1) is 6.42 Å². The van der Waals surface area contributed by atoms with Gasteiger partial charge in [0.2, 0.25) is 0 Å². The van der Waals surface area contributed by atoms with Crippen LogP contribution in [0.2, 0.25) is 0 Å². The summed E-state index contributed by atoms with van der Waals surface area (Å²) in [5.74, 6) is -0.122. The summed E-state index contributed by atoms with van der Waals surface area (Å²) in [6, 6.07) is 0.824. The number of carbonyl (C=O) groups is 2. The average molecular weight is 266 g/mol. The zero-order valence-corrected chi connectivity index (χ0v) is 11.3. The highest BCUT2D eigenvalue weighted by atomic mass is 16.4. The van der Waals surface area contributed by atoms with E-state index in [0.717, 1.165) is 32.2 Å². The number of carboxylic acid groups (broad SMARTS) is 1. The molecule has 0 unspecified atom stereocenters. The molecule has 0 atom stereocenters. The van der Waals surface area contributed by atoms with Gasteiger partial charge in [-0.05, 0) is 44.4 Å². The molecular formula is C14H22N2O3. The molecule has 0 heterocycles. The molecule has 0 aromatic heterocycles. The molecule has 5 heteroatoms. The maximum atomic E-state index is 12.6. The summed E-state index contributed by atoms with van der Waals surface area (Å²) < 4.78 is 0. The van der Waals surface area contributed by atoms with E-state index < -0.39 is 5.97 Å². The molecule has 3 fully saturated rings. The van der Waals surface area contributed by atoms with Crippen LogP contribution in [0.5, 0.6) is 0 Å². The molecule has 0 aliphatic heterocycles. The van der Waals surface area contributed by atoms with Crippen LogP contribution in [0.1, 0.15) is 44.9 Å². The number of carboxylic acids is 1. The summed E-state index contributed by atoms with van der Waals surface area (Å²) in [5, 5.41) is 8.81. The van der Waals surface area contributed by atoms with E-state index in [1.807, 2.05) is 9.80 Å². The van der Waals surface area contributed by atoms with Gasteiger partial charge in [-0.15, -0.1) is 0 Å². The van der Waals surface area contributed by atoms with Gasteiger partial charge in [-0.1, -0.05) is 0 Å². The molecule has 3 rings (SSSR count). The molecule has 2 amide bonds. The predicted octanol–water partition coefficient (Wildman–Crippen LogP) is 1.92. The highest BCUT2D eigenvalue weighted by Gasteiger charge is 2.41. The highest BCUT2D eigenvalue weighted by Crippen LogP contribution is 2.37. The maximum Gasteiger partial charge on any atom is 0.320 e. The van der Waals surface area contributed by atoms with Crippen LogP contribution in [-0.4, -0.2) is 52.1 Å². The fourth-order valence-electron chi connectivity index (χ4n) is 2.55. The van der Waals surface area contributed by atoms with E-state index in [1.54, 1.807) is 0 Å². The minimum Gasteiger partial charge on any atom is -0.481 e. The topological polar surface area (TPSA) is 60.9 Å². The number of urea groups is 1. The molecule has 0 saturated heterocycles. The molecule has 0 aromatic carbocycles. The molecule has 0 bridgehead atoms. The van der Waals surface area contributed by atoms with E-state index in [4.69, 9.17) is 5.11 Å². The second kappa shape index (κ2) is 5.02. The summed E-state index contributed by atoms with van der Waals surface area (Å²) in [5.41, 5.74) is 0. The normalized spacial score (nSPS) is 22.1. The second-order valence-corrected chi connectivity index (χ2v) is 6.18. The minimum absolute atomic E-state index is 0.0597. The fourth-order valence-corrected chi connectivity index (χ4v) is 2.55. The summed E-state index contributed by atoms with van der Waals surface area (Å²) in [7, 11) is 0. The number of hydrogen-bond acceptors (Lipinski definition) is 2. The Morgan fingerprint density at radius 1 is 0.947 bits per heavy atom. The molecule has 19 heavy (non-hydrogen) atoms. The van der Waals surface area contributed by atoms with Crippen LogP contribution in [-0.2, 0) is 4.79 Å². The van der Waals surface area contributed by atoms with Crippen molar-refractivity contribution < 1.29 is 14.7 Å². The molecule has 0 aromatic rings. The highest BCUT2D eigenvalue weighted by molar-refractivity contribution is 5.77. The van der Waals surface area contributed by atoms with Gasteiger partial charge >= 0.3 is 12.0 Å². The van der Waals surface area contributed by atoms with E-state index in [-0.39, 0.29) is 12.5 Å². The molecule has 0 radical (unpaired) electrons. The second-order valence-electron chi connectivity index (χ2n) is 6.18. The van der Waals surface area contributed by atoms with Crippen molar-refractivity contribution in [2.24, 2.45) is 5.92 Å². The quantitative estimate of drug-likeness (QED) is 0.765. The van der Waals surface area contributed by atoms with Crippen molar-refractivity contribution in [3.05, 3.63) is 0 Å². The van der Waals surface area contributed by atoms with E-state index in [0.29, 0.717) is 24.5 Å². The number of nitrogens with zero attached hydrogens (tertiary/aromatic N) is 2. The van der Waals surface area contributed by atoms with Crippen molar-refractivity contribution in [2.45, 2.75) is 57.0 Å². The summed E-state index contributed by atoms with van der Waals surface area (Å²) in [4.78, 5) is 27.2. The molecule has 106 valence electrons.